The molecule has 1 aliphatic rings. The summed E-state index contributed by atoms with van der Waals surface area (Å²) >= 11 is 0. The summed E-state index contributed by atoms with van der Waals surface area (Å²) in [4.78, 5) is 11.0. The van der Waals surface area contributed by atoms with Crippen LogP contribution in [0.4, 0.5) is 0 Å². The van der Waals surface area contributed by atoms with E-state index in [0.29, 0.717) is 17.8 Å². The molecule has 4 N–H and O–H groups in total. The fraction of sp³-hybridized carbons (Fsp3) is 0.667. The Morgan fingerprint density at radius 1 is 1.57 bits per heavy atom. The van der Waals surface area contributed by atoms with Crippen molar-refractivity contribution in [3.8, 4) is 0 Å². The molecule has 0 saturated heterocycles. The first-order chi connectivity index (χ1) is 6.43. The monoisotopic (exact) mass is 200 g/mol. The molecule has 1 aliphatic heterocycles. The molecule has 0 spiro atoms. The first-order valence-electron chi connectivity index (χ1n) is 4.61. The number of aliphatic carboxylic acids is 1. The van der Waals surface area contributed by atoms with Gasteiger partial charge in [-0.05, 0) is 20.3 Å². The van der Waals surface area contributed by atoms with Gasteiger partial charge < -0.3 is 20.8 Å². The van der Waals surface area contributed by atoms with E-state index in [1.807, 2.05) is 0 Å². The number of rotatable bonds is 3. The smallest absolute Gasteiger partial charge is 0.350 e. The number of allylic oxidation sites excluding steroid dienone is 1. The maximum atomic E-state index is 11.0. The number of carboxylic acids is 1. The average molecular weight is 200 g/mol. The SMILES string of the molecule is CCC1(C(=O)O)NC(C)=C(C(C)O)N1. The van der Waals surface area contributed by atoms with Gasteiger partial charge in [-0.1, -0.05) is 6.92 Å². The minimum atomic E-state index is -1.16. The number of aliphatic hydroxyl groups is 1. The minimum Gasteiger partial charge on any atom is -0.478 e. The Kier molecular flexibility index (Phi) is 2.71. The fourth-order valence-corrected chi connectivity index (χ4v) is 1.60. The van der Waals surface area contributed by atoms with Gasteiger partial charge in [-0.25, -0.2) is 4.79 Å². The van der Waals surface area contributed by atoms with E-state index in [1.165, 1.54) is 0 Å². The van der Waals surface area contributed by atoms with Crippen LogP contribution in [0.2, 0.25) is 0 Å². The zero-order valence-corrected chi connectivity index (χ0v) is 8.59. The van der Waals surface area contributed by atoms with Crippen LogP contribution >= 0.6 is 0 Å². The van der Waals surface area contributed by atoms with Gasteiger partial charge in [0.25, 0.3) is 0 Å². The van der Waals surface area contributed by atoms with Gasteiger partial charge in [0.1, 0.15) is 0 Å². The normalized spacial score (nSPS) is 28.3. The highest BCUT2D eigenvalue weighted by Crippen LogP contribution is 2.21. The molecule has 2 atom stereocenters. The molecule has 1 heterocycles. The molecule has 1 rings (SSSR count). The van der Waals surface area contributed by atoms with Crippen molar-refractivity contribution < 1.29 is 15.0 Å². The molecule has 0 radical (unpaired) electrons. The van der Waals surface area contributed by atoms with Gasteiger partial charge in [-0.3, -0.25) is 0 Å². The molecule has 0 bridgehead atoms. The second kappa shape index (κ2) is 3.49. The standard InChI is InChI=1S/C9H16N2O3/c1-4-9(8(13)14)10-5(2)7(11-9)6(3)12/h6,10-12H,4H2,1-3H3,(H,13,14). The lowest BCUT2D eigenvalue weighted by molar-refractivity contribution is -0.145. The van der Waals surface area contributed by atoms with Crippen LogP contribution in [0.3, 0.4) is 0 Å². The van der Waals surface area contributed by atoms with E-state index >= 15 is 0 Å². The Morgan fingerprint density at radius 3 is 2.36 bits per heavy atom. The first-order valence-corrected chi connectivity index (χ1v) is 4.61. The molecule has 0 aromatic rings. The molecule has 0 aromatic carbocycles. The van der Waals surface area contributed by atoms with Crippen molar-refractivity contribution in [1.29, 1.82) is 0 Å². The third kappa shape index (κ3) is 1.55. The van der Waals surface area contributed by atoms with Gasteiger partial charge in [0.15, 0.2) is 0 Å². The number of carbonyl (C=O) groups is 1. The van der Waals surface area contributed by atoms with Crippen LogP contribution in [0.5, 0.6) is 0 Å². The molecule has 0 saturated carbocycles. The van der Waals surface area contributed by atoms with Crippen LogP contribution in [0.25, 0.3) is 0 Å². The number of hydrogen-bond acceptors (Lipinski definition) is 4. The molecular formula is C9H16N2O3. The van der Waals surface area contributed by atoms with Crippen LogP contribution in [0.15, 0.2) is 11.4 Å². The van der Waals surface area contributed by atoms with Crippen molar-refractivity contribution in [2.24, 2.45) is 0 Å². The topological polar surface area (TPSA) is 81.6 Å². The van der Waals surface area contributed by atoms with E-state index in [2.05, 4.69) is 10.6 Å². The molecular weight excluding hydrogens is 184 g/mol. The minimum absolute atomic E-state index is 0.399. The maximum Gasteiger partial charge on any atom is 0.350 e. The molecule has 5 heteroatoms. The quantitative estimate of drug-likeness (QED) is 0.515. The maximum absolute atomic E-state index is 11.0. The number of hydrogen-bond donors (Lipinski definition) is 4. The van der Waals surface area contributed by atoms with Crippen LogP contribution in [-0.2, 0) is 4.79 Å². The summed E-state index contributed by atoms with van der Waals surface area (Å²) in [5.74, 6) is -0.963. The summed E-state index contributed by atoms with van der Waals surface area (Å²) in [6, 6.07) is 0. The van der Waals surface area contributed by atoms with E-state index in [9.17, 15) is 9.90 Å². The van der Waals surface area contributed by atoms with Crippen LogP contribution < -0.4 is 10.6 Å². The molecule has 0 aromatic heterocycles. The van der Waals surface area contributed by atoms with E-state index in [1.54, 1.807) is 20.8 Å². The molecule has 5 nitrogen and oxygen atoms in total. The van der Waals surface area contributed by atoms with Gasteiger partial charge in [-0.2, -0.15) is 0 Å². The fourth-order valence-electron chi connectivity index (χ4n) is 1.60. The number of nitrogens with one attached hydrogen (secondary N) is 2. The average Bonchev–Trinajstić information content (AvgIpc) is 2.44. The number of aliphatic hydroxyl groups excluding tert-OH is 1. The largest absolute Gasteiger partial charge is 0.478 e. The summed E-state index contributed by atoms with van der Waals surface area (Å²) in [7, 11) is 0. The molecule has 0 aliphatic carbocycles. The highest BCUT2D eigenvalue weighted by atomic mass is 16.4. The van der Waals surface area contributed by atoms with Crippen LogP contribution in [0, 0.1) is 0 Å². The van der Waals surface area contributed by atoms with Crippen molar-refractivity contribution >= 4 is 5.97 Å². The third-order valence-corrected chi connectivity index (χ3v) is 2.47. The van der Waals surface area contributed by atoms with Crippen molar-refractivity contribution in [3.63, 3.8) is 0 Å². The lowest BCUT2D eigenvalue weighted by Gasteiger charge is -2.25. The van der Waals surface area contributed by atoms with Crippen LogP contribution in [-0.4, -0.2) is 27.9 Å². The molecule has 2 unspecified atom stereocenters. The summed E-state index contributed by atoms with van der Waals surface area (Å²) in [6.45, 7) is 5.11. The number of carboxylic acid groups (broad SMARTS) is 1. The zero-order chi connectivity index (χ0) is 10.9. The highest BCUT2D eigenvalue weighted by Gasteiger charge is 2.42. The van der Waals surface area contributed by atoms with E-state index in [0.717, 1.165) is 0 Å². The lowest BCUT2D eigenvalue weighted by Crippen LogP contribution is -2.56. The van der Waals surface area contributed by atoms with E-state index < -0.39 is 17.7 Å². The van der Waals surface area contributed by atoms with Crippen molar-refractivity contribution in [2.75, 3.05) is 0 Å². The Balaban J connectivity index is 2.91. The lowest BCUT2D eigenvalue weighted by atomic mass is 10.1. The summed E-state index contributed by atoms with van der Waals surface area (Å²) in [5, 5.41) is 24.1. The van der Waals surface area contributed by atoms with Gasteiger partial charge in [-0.15, -0.1) is 0 Å². The Morgan fingerprint density at radius 2 is 2.14 bits per heavy atom. The van der Waals surface area contributed by atoms with Crippen molar-refractivity contribution in [3.05, 3.63) is 11.4 Å². The Hall–Kier alpha value is -1.23. The Labute approximate surface area is 82.8 Å². The Bertz CT molecular complexity index is 286. The van der Waals surface area contributed by atoms with Gasteiger partial charge in [0.2, 0.25) is 5.66 Å². The summed E-state index contributed by atoms with van der Waals surface area (Å²) in [5.41, 5.74) is 0.0784. The van der Waals surface area contributed by atoms with Crippen molar-refractivity contribution in [1.82, 2.24) is 10.6 Å². The third-order valence-electron chi connectivity index (χ3n) is 2.47. The van der Waals surface area contributed by atoms with Crippen LogP contribution in [0.1, 0.15) is 27.2 Å². The van der Waals surface area contributed by atoms with E-state index in [4.69, 9.17) is 5.11 Å². The molecule has 0 amide bonds. The predicted octanol–water partition coefficient (Wildman–Crippen LogP) is -0.0176. The molecule has 14 heavy (non-hydrogen) atoms. The molecule has 80 valence electrons. The van der Waals surface area contributed by atoms with Gasteiger partial charge in [0, 0.05) is 5.70 Å². The summed E-state index contributed by atoms with van der Waals surface area (Å²) in [6.07, 6.45) is -0.286. The van der Waals surface area contributed by atoms with E-state index in [-0.39, 0.29) is 0 Å². The van der Waals surface area contributed by atoms with Gasteiger partial charge >= 0.3 is 5.97 Å². The predicted molar refractivity (Wildman–Crippen MR) is 51.3 cm³/mol. The van der Waals surface area contributed by atoms with Crippen molar-refractivity contribution in [2.45, 2.75) is 39.0 Å². The second-order valence-corrected chi connectivity index (χ2v) is 3.53. The molecule has 0 fully saturated rings. The zero-order valence-electron chi connectivity index (χ0n) is 8.59. The van der Waals surface area contributed by atoms with Gasteiger partial charge in [0.05, 0.1) is 11.8 Å². The highest BCUT2D eigenvalue weighted by molar-refractivity contribution is 5.79. The second-order valence-electron chi connectivity index (χ2n) is 3.53. The first kappa shape index (κ1) is 10.8. The summed E-state index contributed by atoms with van der Waals surface area (Å²) < 4.78 is 0.